The summed E-state index contributed by atoms with van der Waals surface area (Å²) in [7, 11) is 0. The molecule has 0 atom stereocenters. The van der Waals surface area contributed by atoms with Crippen molar-refractivity contribution < 1.29 is 9.59 Å². The first-order chi connectivity index (χ1) is 3.13. The molecule has 0 aromatic rings. The molecule has 8 heavy (non-hydrogen) atoms. The number of hydrogen-bond donors (Lipinski definition) is 0. The summed E-state index contributed by atoms with van der Waals surface area (Å²) in [4.78, 5) is 20.1. The van der Waals surface area contributed by atoms with Crippen LogP contribution in [0.1, 0.15) is 20.3 Å². The van der Waals surface area contributed by atoms with Gasteiger partial charge in [0.1, 0.15) is 11.6 Å². The average Bonchev–Trinajstić information content (AvgIpc) is 1.27. The van der Waals surface area contributed by atoms with E-state index in [1.54, 1.807) is 0 Å². The molecule has 0 saturated carbocycles. The van der Waals surface area contributed by atoms with E-state index < -0.39 is 0 Å². The third-order valence-corrected chi connectivity index (χ3v) is 0.498. The minimum atomic E-state index is -0.0625. The van der Waals surface area contributed by atoms with Gasteiger partial charge in [0.2, 0.25) is 0 Å². The molecule has 0 aromatic heterocycles. The van der Waals surface area contributed by atoms with Crippen LogP contribution in [0.2, 0.25) is 0 Å². The van der Waals surface area contributed by atoms with Crippen LogP contribution in [-0.4, -0.2) is 30.4 Å². The summed E-state index contributed by atoms with van der Waals surface area (Å²) in [5.74, 6) is -0.125. The van der Waals surface area contributed by atoms with Crippen LogP contribution < -0.4 is 0 Å². The Balaban J connectivity index is 0. The molecule has 0 aliphatic carbocycles. The molecule has 3 heteroatoms. The van der Waals surface area contributed by atoms with E-state index in [9.17, 15) is 9.59 Å². The molecule has 0 fully saturated rings. The Morgan fingerprint density at radius 3 is 1.38 bits per heavy atom. The number of hydrogen-bond acceptors (Lipinski definition) is 2. The summed E-state index contributed by atoms with van der Waals surface area (Å²) < 4.78 is 0. The summed E-state index contributed by atoms with van der Waals surface area (Å²) in [6.45, 7) is 2.81. The maximum atomic E-state index is 10.0. The SMILES string of the molecule is CC(=O)CC(C)=O.[LiH]. The Morgan fingerprint density at radius 2 is 1.38 bits per heavy atom. The molecule has 0 amide bonds. The van der Waals surface area contributed by atoms with Crippen molar-refractivity contribution >= 4 is 30.4 Å². The van der Waals surface area contributed by atoms with Crippen molar-refractivity contribution in [2.24, 2.45) is 0 Å². The van der Waals surface area contributed by atoms with E-state index in [0.29, 0.717) is 0 Å². The zero-order chi connectivity index (χ0) is 5.86. The number of carbonyl (C=O) groups is 2. The predicted octanol–water partition coefficient (Wildman–Crippen LogP) is -0.0940. The van der Waals surface area contributed by atoms with Gasteiger partial charge in [-0.25, -0.2) is 0 Å². The van der Waals surface area contributed by atoms with Gasteiger partial charge in [0.15, 0.2) is 0 Å². The van der Waals surface area contributed by atoms with Gasteiger partial charge in [0.05, 0.1) is 6.42 Å². The van der Waals surface area contributed by atoms with Crippen LogP contribution in [0.3, 0.4) is 0 Å². The second kappa shape index (κ2) is 5.08. The Labute approximate surface area is 60.8 Å². The number of rotatable bonds is 2. The van der Waals surface area contributed by atoms with E-state index >= 15 is 0 Å². The first-order valence-electron chi connectivity index (χ1n) is 2.12. The second-order valence-electron chi connectivity index (χ2n) is 1.58. The van der Waals surface area contributed by atoms with Crippen LogP contribution in [0.5, 0.6) is 0 Å². The summed E-state index contributed by atoms with van der Waals surface area (Å²) in [5, 5.41) is 0. The summed E-state index contributed by atoms with van der Waals surface area (Å²) in [6, 6.07) is 0. The number of carbonyl (C=O) groups excluding carboxylic acids is 2. The topological polar surface area (TPSA) is 34.1 Å². The number of ketones is 2. The van der Waals surface area contributed by atoms with E-state index in [4.69, 9.17) is 0 Å². The van der Waals surface area contributed by atoms with E-state index in [1.807, 2.05) is 0 Å². The molecular weight excluding hydrogens is 99.0 g/mol. The van der Waals surface area contributed by atoms with Crippen LogP contribution in [0.15, 0.2) is 0 Å². The normalized spacial score (nSPS) is 7.25. The fourth-order valence-corrected chi connectivity index (χ4v) is 0.351. The van der Waals surface area contributed by atoms with Crippen molar-refractivity contribution in [3.8, 4) is 0 Å². The molecular formula is C5H9LiO2. The molecule has 0 heterocycles. The van der Waals surface area contributed by atoms with Crippen molar-refractivity contribution in [3.63, 3.8) is 0 Å². The van der Waals surface area contributed by atoms with Gasteiger partial charge in [-0.05, 0) is 13.8 Å². The number of Topliss-reactive ketones (excluding diaryl/α,β-unsaturated/α-hetero) is 2. The van der Waals surface area contributed by atoms with E-state index in [1.165, 1.54) is 13.8 Å². The van der Waals surface area contributed by atoms with Crippen molar-refractivity contribution in [3.05, 3.63) is 0 Å². The quantitative estimate of drug-likeness (QED) is 0.366. The van der Waals surface area contributed by atoms with Crippen molar-refractivity contribution in [1.82, 2.24) is 0 Å². The van der Waals surface area contributed by atoms with Crippen LogP contribution >= 0.6 is 0 Å². The van der Waals surface area contributed by atoms with Crippen molar-refractivity contribution in [2.75, 3.05) is 0 Å². The van der Waals surface area contributed by atoms with E-state index in [2.05, 4.69) is 0 Å². The van der Waals surface area contributed by atoms with Crippen LogP contribution in [0.4, 0.5) is 0 Å². The summed E-state index contributed by atoms with van der Waals surface area (Å²) >= 11 is 0. The molecule has 0 aliphatic rings. The van der Waals surface area contributed by atoms with Gasteiger partial charge in [-0.2, -0.15) is 0 Å². The molecule has 0 aliphatic heterocycles. The molecule has 0 aromatic carbocycles. The van der Waals surface area contributed by atoms with Gasteiger partial charge in [-0.1, -0.05) is 0 Å². The van der Waals surface area contributed by atoms with Crippen molar-refractivity contribution in [1.29, 1.82) is 0 Å². The molecule has 0 rings (SSSR count). The van der Waals surface area contributed by atoms with Crippen molar-refractivity contribution in [2.45, 2.75) is 20.3 Å². The van der Waals surface area contributed by atoms with Gasteiger partial charge in [0, 0.05) is 0 Å². The molecule has 2 nitrogen and oxygen atoms in total. The Kier molecular flexibility index (Phi) is 6.88. The van der Waals surface area contributed by atoms with Gasteiger partial charge < -0.3 is 0 Å². The minimum absolute atomic E-state index is 0. The molecule has 0 unspecified atom stereocenters. The van der Waals surface area contributed by atoms with Crippen LogP contribution in [-0.2, 0) is 9.59 Å². The third-order valence-electron chi connectivity index (χ3n) is 0.498. The van der Waals surface area contributed by atoms with E-state index in [0.717, 1.165) is 0 Å². The molecule has 42 valence electrons. The van der Waals surface area contributed by atoms with Crippen LogP contribution in [0.25, 0.3) is 0 Å². The summed E-state index contributed by atoms with van der Waals surface area (Å²) in [6.07, 6.45) is 0.0833. The first kappa shape index (κ1) is 10.8. The van der Waals surface area contributed by atoms with Gasteiger partial charge in [-0.3, -0.25) is 9.59 Å². The standard InChI is InChI=1S/C5H8O2.Li.H/c1-4(6)3-5(2)7;;/h3H2,1-2H3;;. The molecule has 0 bridgehead atoms. The summed E-state index contributed by atoms with van der Waals surface area (Å²) in [5.41, 5.74) is 0. The van der Waals surface area contributed by atoms with Crippen LogP contribution in [0, 0.1) is 0 Å². The maximum absolute atomic E-state index is 10.0. The third kappa shape index (κ3) is 9.34. The predicted molar refractivity (Wildman–Crippen MR) is 33.1 cm³/mol. The Morgan fingerprint density at radius 1 is 1.12 bits per heavy atom. The Hall–Kier alpha value is -0.0626. The fourth-order valence-electron chi connectivity index (χ4n) is 0.351. The monoisotopic (exact) mass is 108 g/mol. The zero-order valence-corrected chi connectivity index (χ0v) is 4.52. The Bertz CT molecular complexity index is 86.6. The van der Waals surface area contributed by atoms with Gasteiger partial charge >= 0.3 is 18.9 Å². The van der Waals surface area contributed by atoms with Gasteiger partial charge in [-0.15, -0.1) is 0 Å². The molecule has 0 radical (unpaired) electrons. The molecule has 0 N–H and O–H groups in total. The fraction of sp³-hybridized carbons (Fsp3) is 0.600. The first-order valence-corrected chi connectivity index (χ1v) is 2.12. The van der Waals surface area contributed by atoms with Gasteiger partial charge in [0.25, 0.3) is 0 Å². The molecule has 0 spiro atoms. The average molecular weight is 108 g/mol. The second-order valence-corrected chi connectivity index (χ2v) is 1.58. The molecule has 0 saturated heterocycles. The van der Waals surface area contributed by atoms with E-state index in [-0.39, 0.29) is 36.8 Å². The zero-order valence-electron chi connectivity index (χ0n) is 4.52.